The van der Waals surface area contributed by atoms with Gasteiger partial charge >= 0.3 is 5.97 Å². The van der Waals surface area contributed by atoms with Gasteiger partial charge in [-0.05, 0) is 28.7 Å². The lowest BCUT2D eigenvalue weighted by atomic mass is 10.4. The van der Waals surface area contributed by atoms with E-state index in [0.29, 0.717) is 18.9 Å². The molecule has 0 atom stereocenters. The first-order chi connectivity index (χ1) is 7.18. The zero-order valence-electron chi connectivity index (χ0n) is 8.02. The van der Waals surface area contributed by atoms with Crippen molar-refractivity contribution in [2.75, 3.05) is 31.3 Å². The molecule has 0 aromatic carbocycles. The molecule has 5 nitrogen and oxygen atoms in total. The lowest BCUT2D eigenvalue weighted by Gasteiger charge is -2.30. The Morgan fingerprint density at radius 1 is 1.47 bits per heavy atom. The third-order valence-corrected chi connectivity index (χ3v) is 2.87. The molecule has 0 saturated carbocycles. The third-order valence-electron chi connectivity index (χ3n) is 2.28. The molecule has 0 bridgehead atoms. The molecular formula is C9H11IN2O3. The fraction of sp³-hybridized carbons (Fsp3) is 0.444. The number of carbonyl (C=O) groups is 1. The molecular weight excluding hydrogens is 311 g/mol. The van der Waals surface area contributed by atoms with Crippen LogP contribution in [0.3, 0.4) is 0 Å². The van der Waals surface area contributed by atoms with Crippen molar-refractivity contribution in [1.29, 1.82) is 0 Å². The summed E-state index contributed by atoms with van der Waals surface area (Å²) in [6, 6.07) is 1.67. The summed E-state index contributed by atoms with van der Waals surface area (Å²) in [5, 5.41) is 11.0. The minimum atomic E-state index is -0.899. The van der Waals surface area contributed by atoms with Crippen LogP contribution in [0.2, 0.25) is 0 Å². The fourth-order valence-corrected chi connectivity index (χ4v) is 2.14. The van der Waals surface area contributed by atoms with E-state index in [0.717, 1.165) is 16.7 Å². The van der Waals surface area contributed by atoms with E-state index in [1.807, 2.05) is 11.2 Å². The van der Waals surface area contributed by atoms with Crippen molar-refractivity contribution in [1.82, 2.24) is 4.68 Å². The van der Waals surface area contributed by atoms with Crippen LogP contribution in [0.5, 0.6) is 0 Å². The van der Waals surface area contributed by atoms with Crippen molar-refractivity contribution < 1.29 is 14.6 Å². The average molecular weight is 322 g/mol. The van der Waals surface area contributed by atoms with Crippen LogP contribution in [0, 0.1) is 3.57 Å². The summed E-state index contributed by atoms with van der Waals surface area (Å²) >= 11 is 2.11. The summed E-state index contributed by atoms with van der Waals surface area (Å²) in [5.74, 6) is -0.899. The van der Waals surface area contributed by atoms with Gasteiger partial charge in [0.05, 0.1) is 26.3 Å². The van der Waals surface area contributed by atoms with E-state index in [-0.39, 0.29) is 0 Å². The minimum absolute atomic E-state index is 0.307. The first kappa shape index (κ1) is 10.7. The number of aromatic carboxylic acids is 1. The molecule has 82 valence electrons. The van der Waals surface area contributed by atoms with Gasteiger partial charge < -0.3 is 14.9 Å². The highest BCUT2D eigenvalue weighted by molar-refractivity contribution is 14.1. The van der Waals surface area contributed by atoms with Gasteiger partial charge in [0, 0.05) is 9.77 Å². The maximum atomic E-state index is 11.0. The number of morpholine rings is 1. The molecule has 1 aromatic rings. The van der Waals surface area contributed by atoms with E-state index in [4.69, 9.17) is 9.84 Å². The van der Waals surface area contributed by atoms with Crippen LogP contribution in [0.25, 0.3) is 0 Å². The molecule has 15 heavy (non-hydrogen) atoms. The highest BCUT2D eigenvalue weighted by Gasteiger charge is 2.18. The predicted octanol–water partition coefficient (Wildman–Crippen LogP) is 0.759. The molecule has 1 saturated heterocycles. The van der Waals surface area contributed by atoms with Gasteiger partial charge in [0.15, 0.2) is 0 Å². The molecule has 0 spiro atoms. The van der Waals surface area contributed by atoms with E-state index < -0.39 is 5.97 Å². The van der Waals surface area contributed by atoms with E-state index in [2.05, 4.69) is 22.6 Å². The molecule has 0 amide bonds. The number of hydrogen-bond acceptors (Lipinski definition) is 3. The standard InChI is InChI=1S/C9H11IN2O3/c10-7-5-8(9(13)14)12(6-7)11-1-3-15-4-2-11/h5-6H,1-4H2,(H,13,14). The van der Waals surface area contributed by atoms with E-state index in [9.17, 15) is 4.79 Å². The Labute approximate surface area is 101 Å². The SMILES string of the molecule is O=C(O)c1cc(I)cn1N1CCOCC1. The first-order valence-electron chi connectivity index (χ1n) is 4.62. The maximum absolute atomic E-state index is 11.0. The van der Waals surface area contributed by atoms with Crippen molar-refractivity contribution in [3.63, 3.8) is 0 Å². The Morgan fingerprint density at radius 3 is 2.73 bits per heavy atom. The quantitative estimate of drug-likeness (QED) is 0.817. The number of aromatic nitrogens is 1. The smallest absolute Gasteiger partial charge is 0.354 e. The number of ether oxygens (including phenoxy) is 1. The minimum Gasteiger partial charge on any atom is -0.477 e. The molecule has 6 heteroatoms. The molecule has 0 unspecified atom stereocenters. The molecule has 1 fully saturated rings. The Kier molecular flexibility index (Phi) is 3.15. The zero-order chi connectivity index (χ0) is 10.8. The number of rotatable bonds is 2. The summed E-state index contributed by atoms with van der Waals surface area (Å²) in [5.41, 5.74) is 0.307. The van der Waals surface area contributed by atoms with Crippen LogP contribution in [0.4, 0.5) is 0 Å². The Balaban J connectivity index is 2.28. The highest BCUT2D eigenvalue weighted by Crippen LogP contribution is 2.12. The normalized spacial score (nSPS) is 16.7. The van der Waals surface area contributed by atoms with Crippen LogP contribution >= 0.6 is 22.6 Å². The largest absolute Gasteiger partial charge is 0.477 e. The lowest BCUT2D eigenvalue weighted by molar-refractivity contribution is 0.0677. The Bertz CT molecular complexity index is 371. The van der Waals surface area contributed by atoms with Crippen molar-refractivity contribution in [3.05, 3.63) is 21.5 Å². The van der Waals surface area contributed by atoms with Crippen LogP contribution in [0.1, 0.15) is 10.5 Å². The van der Waals surface area contributed by atoms with Crippen LogP contribution in [-0.2, 0) is 4.74 Å². The lowest BCUT2D eigenvalue weighted by Crippen LogP contribution is -2.44. The van der Waals surface area contributed by atoms with E-state index in [1.165, 1.54) is 0 Å². The molecule has 1 aliphatic rings. The summed E-state index contributed by atoms with van der Waals surface area (Å²) < 4.78 is 7.85. The number of carboxylic acids is 1. The van der Waals surface area contributed by atoms with Crippen molar-refractivity contribution >= 4 is 28.6 Å². The van der Waals surface area contributed by atoms with Gasteiger partial charge in [-0.15, -0.1) is 0 Å². The number of halogens is 1. The van der Waals surface area contributed by atoms with Gasteiger partial charge in [0.2, 0.25) is 0 Å². The number of nitrogens with zero attached hydrogens (tertiary/aromatic N) is 2. The van der Waals surface area contributed by atoms with Crippen LogP contribution < -0.4 is 5.01 Å². The van der Waals surface area contributed by atoms with Gasteiger partial charge in [-0.1, -0.05) is 0 Å². The van der Waals surface area contributed by atoms with Gasteiger partial charge in [-0.3, -0.25) is 4.68 Å². The predicted molar refractivity (Wildman–Crippen MR) is 62.9 cm³/mol. The third kappa shape index (κ3) is 2.25. The molecule has 1 N–H and O–H groups in total. The summed E-state index contributed by atoms with van der Waals surface area (Å²) in [6.07, 6.45) is 1.83. The second-order valence-electron chi connectivity index (χ2n) is 3.26. The van der Waals surface area contributed by atoms with Crippen molar-refractivity contribution in [2.24, 2.45) is 0 Å². The van der Waals surface area contributed by atoms with Crippen LogP contribution in [-0.4, -0.2) is 42.1 Å². The summed E-state index contributed by atoms with van der Waals surface area (Å²) in [7, 11) is 0. The molecule has 2 rings (SSSR count). The van der Waals surface area contributed by atoms with Crippen molar-refractivity contribution in [2.45, 2.75) is 0 Å². The zero-order valence-corrected chi connectivity index (χ0v) is 10.2. The summed E-state index contributed by atoms with van der Waals surface area (Å²) in [6.45, 7) is 2.75. The summed E-state index contributed by atoms with van der Waals surface area (Å²) in [4.78, 5) is 11.0. The fourth-order valence-electron chi connectivity index (χ4n) is 1.58. The van der Waals surface area contributed by atoms with Crippen molar-refractivity contribution in [3.8, 4) is 0 Å². The first-order valence-corrected chi connectivity index (χ1v) is 5.70. The molecule has 0 aliphatic carbocycles. The Hall–Kier alpha value is -0.760. The maximum Gasteiger partial charge on any atom is 0.354 e. The topological polar surface area (TPSA) is 54.7 Å². The highest BCUT2D eigenvalue weighted by atomic mass is 127. The molecule has 1 aliphatic heterocycles. The number of carboxylic acid groups (broad SMARTS) is 1. The monoisotopic (exact) mass is 322 g/mol. The van der Waals surface area contributed by atoms with E-state index >= 15 is 0 Å². The van der Waals surface area contributed by atoms with E-state index in [1.54, 1.807) is 10.7 Å². The molecule has 2 heterocycles. The molecule has 0 radical (unpaired) electrons. The van der Waals surface area contributed by atoms with Gasteiger partial charge in [0.1, 0.15) is 5.69 Å². The van der Waals surface area contributed by atoms with Gasteiger partial charge in [-0.25, -0.2) is 4.79 Å². The molecule has 1 aromatic heterocycles. The second-order valence-corrected chi connectivity index (χ2v) is 4.50. The average Bonchev–Trinajstić information content (AvgIpc) is 2.62. The van der Waals surface area contributed by atoms with Crippen LogP contribution in [0.15, 0.2) is 12.3 Å². The van der Waals surface area contributed by atoms with Gasteiger partial charge in [-0.2, -0.15) is 0 Å². The number of hydrogen-bond donors (Lipinski definition) is 1. The second kappa shape index (κ2) is 4.40. The Morgan fingerprint density at radius 2 is 2.13 bits per heavy atom. The van der Waals surface area contributed by atoms with Gasteiger partial charge in [0.25, 0.3) is 0 Å².